The zero-order chi connectivity index (χ0) is 20.5. The summed E-state index contributed by atoms with van der Waals surface area (Å²) in [6, 6.07) is 24.4. The van der Waals surface area contributed by atoms with Gasteiger partial charge < -0.3 is 14.2 Å². The molecule has 0 aliphatic carbocycles. The molecule has 0 N–H and O–H groups in total. The third kappa shape index (κ3) is 5.94. The van der Waals surface area contributed by atoms with E-state index < -0.39 is 11.9 Å². The number of carbonyl (C=O) groups excluding carboxylic acids is 2. The molecule has 29 heavy (non-hydrogen) atoms. The largest absolute Gasteiger partial charge is 0.482 e. The van der Waals surface area contributed by atoms with Gasteiger partial charge in [0.1, 0.15) is 12.4 Å². The van der Waals surface area contributed by atoms with E-state index in [2.05, 4.69) is 16.9 Å². The molecule has 0 saturated carbocycles. The Morgan fingerprint density at radius 2 is 1.48 bits per heavy atom. The first-order chi connectivity index (χ1) is 14.2. The van der Waals surface area contributed by atoms with Crippen LogP contribution in [-0.4, -0.2) is 25.7 Å². The summed E-state index contributed by atoms with van der Waals surface area (Å²) in [5.74, 6) is -0.205. The lowest BCUT2D eigenvalue weighted by atomic mass is 10.0. The van der Waals surface area contributed by atoms with Crippen LogP contribution in [-0.2, 0) is 27.3 Å². The molecule has 0 fully saturated rings. The molecule has 3 aromatic carbocycles. The molecule has 0 spiro atoms. The number of rotatable bonds is 8. The van der Waals surface area contributed by atoms with Gasteiger partial charge in [-0.25, -0.2) is 9.59 Å². The van der Waals surface area contributed by atoms with E-state index in [0.717, 1.165) is 17.5 Å². The molecule has 0 bridgehead atoms. The maximum Gasteiger partial charge on any atom is 0.344 e. The number of esters is 2. The van der Waals surface area contributed by atoms with E-state index in [9.17, 15) is 9.59 Å². The zero-order valence-electron chi connectivity index (χ0n) is 16.2. The van der Waals surface area contributed by atoms with Crippen LogP contribution in [0.4, 0.5) is 0 Å². The summed E-state index contributed by atoms with van der Waals surface area (Å²) in [7, 11) is 1.33. The average molecular weight is 390 g/mol. The molecule has 3 aromatic rings. The van der Waals surface area contributed by atoms with Crippen molar-refractivity contribution < 1.29 is 23.8 Å². The van der Waals surface area contributed by atoms with Gasteiger partial charge in [0, 0.05) is 6.42 Å². The molecule has 5 heteroatoms. The lowest BCUT2D eigenvalue weighted by molar-refractivity contribution is -0.147. The minimum absolute atomic E-state index is 0.106. The van der Waals surface area contributed by atoms with Crippen molar-refractivity contribution in [3.63, 3.8) is 0 Å². The van der Waals surface area contributed by atoms with Crippen LogP contribution >= 0.6 is 0 Å². The van der Waals surface area contributed by atoms with Crippen LogP contribution < -0.4 is 4.74 Å². The van der Waals surface area contributed by atoms with Crippen molar-refractivity contribution in [3.8, 4) is 5.75 Å². The minimum Gasteiger partial charge on any atom is -0.482 e. The monoisotopic (exact) mass is 390 g/mol. The van der Waals surface area contributed by atoms with Gasteiger partial charge in [-0.15, -0.1) is 0 Å². The molecule has 0 unspecified atom stereocenters. The van der Waals surface area contributed by atoms with Crippen LogP contribution in [0.1, 0.15) is 27.0 Å². The molecule has 5 nitrogen and oxygen atoms in total. The molecular weight excluding hydrogens is 368 g/mol. The number of ether oxygens (including phenoxy) is 3. The van der Waals surface area contributed by atoms with Crippen LogP contribution in [0.25, 0.3) is 0 Å². The van der Waals surface area contributed by atoms with E-state index >= 15 is 0 Å². The van der Waals surface area contributed by atoms with Crippen LogP contribution in [0.5, 0.6) is 5.75 Å². The summed E-state index contributed by atoms with van der Waals surface area (Å²) in [6.07, 6.45) is 0.721. The molecule has 0 aromatic heterocycles. The first kappa shape index (κ1) is 20.1. The Bertz CT molecular complexity index is 949. The summed E-state index contributed by atoms with van der Waals surface area (Å²) in [5, 5.41) is 0. The third-order valence-corrected chi connectivity index (χ3v) is 4.33. The first-order valence-electron chi connectivity index (χ1n) is 9.23. The van der Waals surface area contributed by atoms with Gasteiger partial charge in [0.2, 0.25) is 0 Å². The summed E-state index contributed by atoms with van der Waals surface area (Å²) in [4.78, 5) is 23.5. The van der Waals surface area contributed by atoms with Crippen molar-refractivity contribution in [2.45, 2.75) is 13.0 Å². The number of hydrogen-bond donors (Lipinski definition) is 0. The number of hydrogen-bond acceptors (Lipinski definition) is 5. The van der Waals surface area contributed by atoms with Crippen LogP contribution in [0, 0.1) is 0 Å². The van der Waals surface area contributed by atoms with Crippen molar-refractivity contribution in [1.29, 1.82) is 0 Å². The fraction of sp³-hybridized carbons (Fsp3) is 0.167. The van der Waals surface area contributed by atoms with Gasteiger partial charge in [-0.2, -0.15) is 0 Å². The molecule has 0 saturated heterocycles. The Kier molecular flexibility index (Phi) is 7.00. The highest BCUT2D eigenvalue weighted by molar-refractivity contribution is 5.89. The standard InChI is InChI=1S/C24H22O5/c1-27-24(26)20-13-11-19(12-14-20)16-29-23(25)17-28-22-10-6-5-9-21(22)15-18-7-3-2-4-8-18/h2-14H,15-17H2,1H3. The molecule has 0 aliphatic heterocycles. The normalized spacial score (nSPS) is 10.2. The molecule has 0 amide bonds. The second-order valence-corrected chi connectivity index (χ2v) is 6.41. The van der Waals surface area contributed by atoms with E-state index in [1.165, 1.54) is 12.7 Å². The van der Waals surface area contributed by atoms with Crippen molar-refractivity contribution in [2.75, 3.05) is 13.7 Å². The highest BCUT2D eigenvalue weighted by atomic mass is 16.6. The van der Waals surface area contributed by atoms with Gasteiger partial charge in [0.15, 0.2) is 6.61 Å². The van der Waals surface area contributed by atoms with E-state index in [1.807, 2.05) is 42.5 Å². The van der Waals surface area contributed by atoms with E-state index in [-0.39, 0.29) is 13.2 Å². The Morgan fingerprint density at radius 1 is 0.793 bits per heavy atom. The molecule has 0 atom stereocenters. The Labute approximate surface area is 169 Å². The zero-order valence-corrected chi connectivity index (χ0v) is 16.2. The predicted molar refractivity (Wildman–Crippen MR) is 109 cm³/mol. The number of para-hydroxylation sites is 1. The third-order valence-electron chi connectivity index (χ3n) is 4.33. The Hall–Kier alpha value is -3.60. The molecule has 0 heterocycles. The van der Waals surface area contributed by atoms with Crippen LogP contribution in [0.3, 0.4) is 0 Å². The quantitative estimate of drug-likeness (QED) is 0.540. The van der Waals surface area contributed by atoms with E-state index in [1.54, 1.807) is 24.3 Å². The van der Waals surface area contributed by atoms with E-state index in [0.29, 0.717) is 11.3 Å². The number of carbonyl (C=O) groups is 2. The highest BCUT2D eigenvalue weighted by Gasteiger charge is 2.09. The minimum atomic E-state index is -0.462. The van der Waals surface area contributed by atoms with Crippen LogP contribution in [0.15, 0.2) is 78.9 Å². The van der Waals surface area contributed by atoms with Crippen LogP contribution in [0.2, 0.25) is 0 Å². The lowest BCUT2D eigenvalue weighted by Crippen LogP contribution is -2.15. The molecular formula is C24H22O5. The van der Waals surface area contributed by atoms with Crippen molar-refractivity contribution in [1.82, 2.24) is 0 Å². The molecule has 148 valence electrons. The smallest absolute Gasteiger partial charge is 0.344 e. The molecule has 0 radical (unpaired) electrons. The fourth-order valence-electron chi connectivity index (χ4n) is 2.80. The van der Waals surface area contributed by atoms with Crippen molar-refractivity contribution in [2.24, 2.45) is 0 Å². The van der Waals surface area contributed by atoms with Gasteiger partial charge in [-0.05, 0) is 34.9 Å². The van der Waals surface area contributed by atoms with Gasteiger partial charge in [0.05, 0.1) is 12.7 Å². The van der Waals surface area contributed by atoms with Gasteiger partial charge in [0.25, 0.3) is 0 Å². The van der Waals surface area contributed by atoms with Crippen molar-refractivity contribution in [3.05, 3.63) is 101 Å². The van der Waals surface area contributed by atoms with Gasteiger partial charge in [-0.1, -0.05) is 60.7 Å². The predicted octanol–water partition coefficient (Wildman–Crippen LogP) is 4.19. The van der Waals surface area contributed by atoms with Gasteiger partial charge >= 0.3 is 11.9 Å². The highest BCUT2D eigenvalue weighted by Crippen LogP contribution is 2.21. The number of benzene rings is 3. The summed E-state index contributed by atoms with van der Waals surface area (Å²) in [5.41, 5.74) is 3.39. The Balaban J connectivity index is 1.51. The summed E-state index contributed by atoms with van der Waals surface area (Å²) in [6.45, 7) is -0.0681. The maximum atomic E-state index is 12.1. The second kappa shape index (κ2) is 10.1. The summed E-state index contributed by atoms with van der Waals surface area (Å²) >= 11 is 0. The maximum absolute atomic E-state index is 12.1. The lowest BCUT2D eigenvalue weighted by Gasteiger charge is -2.11. The summed E-state index contributed by atoms with van der Waals surface area (Å²) < 4.78 is 15.6. The topological polar surface area (TPSA) is 61.8 Å². The molecule has 0 aliphatic rings. The molecule has 3 rings (SSSR count). The fourth-order valence-corrected chi connectivity index (χ4v) is 2.80. The van der Waals surface area contributed by atoms with E-state index in [4.69, 9.17) is 9.47 Å². The Morgan fingerprint density at radius 3 is 2.21 bits per heavy atom. The SMILES string of the molecule is COC(=O)c1ccc(COC(=O)COc2ccccc2Cc2ccccc2)cc1. The van der Waals surface area contributed by atoms with Gasteiger partial charge in [-0.3, -0.25) is 0 Å². The first-order valence-corrected chi connectivity index (χ1v) is 9.23. The second-order valence-electron chi connectivity index (χ2n) is 6.41. The van der Waals surface area contributed by atoms with Crippen molar-refractivity contribution >= 4 is 11.9 Å². The average Bonchev–Trinajstić information content (AvgIpc) is 2.77. The number of methoxy groups -OCH3 is 1.